The van der Waals surface area contributed by atoms with Gasteiger partial charge in [0.05, 0.1) is 6.10 Å². The van der Waals surface area contributed by atoms with Gasteiger partial charge in [-0.2, -0.15) is 0 Å². The normalized spacial score (nSPS) is 21.1. The van der Waals surface area contributed by atoms with E-state index in [1.807, 2.05) is 12.1 Å². The van der Waals surface area contributed by atoms with E-state index in [1.54, 1.807) is 0 Å². The summed E-state index contributed by atoms with van der Waals surface area (Å²) in [6.07, 6.45) is 2.77. The molecule has 1 aliphatic heterocycles. The molecule has 0 aliphatic carbocycles. The third-order valence-electron chi connectivity index (χ3n) is 3.04. The molecule has 1 unspecified atom stereocenters. The lowest BCUT2D eigenvalue weighted by atomic mass is 10.1. The van der Waals surface area contributed by atoms with Gasteiger partial charge in [-0.05, 0) is 44.0 Å². The van der Waals surface area contributed by atoms with Crippen molar-refractivity contribution in [3.63, 3.8) is 0 Å². The van der Waals surface area contributed by atoms with Crippen molar-refractivity contribution in [2.45, 2.75) is 25.9 Å². The molecule has 1 atom stereocenters. The molecular weight excluding hydrogens is 200 g/mol. The number of piperidine rings is 1. The maximum atomic E-state index is 5.69. The molecule has 1 aromatic rings. The second-order valence-electron chi connectivity index (χ2n) is 4.26. The molecule has 3 heteroatoms. The van der Waals surface area contributed by atoms with E-state index in [2.05, 4.69) is 24.0 Å². The van der Waals surface area contributed by atoms with E-state index in [1.165, 1.54) is 18.5 Å². The lowest BCUT2D eigenvalue weighted by Gasteiger charge is -2.34. The lowest BCUT2D eigenvalue weighted by molar-refractivity contribution is 0.0527. The molecule has 1 aromatic carbocycles. The third kappa shape index (κ3) is 2.67. The number of rotatable bonds is 3. The molecule has 2 rings (SSSR count). The van der Waals surface area contributed by atoms with Crippen molar-refractivity contribution in [3.8, 4) is 0 Å². The van der Waals surface area contributed by atoms with Gasteiger partial charge in [0.1, 0.15) is 0 Å². The second-order valence-corrected chi connectivity index (χ2v) is 4.26. The Hall–Kier alpha value is -1.22. The van der Waals surface area contributed by atoms with E-state index in [0.717, 1.165) is 25.4 Å². The molecule has 1 aliphatic rings. The Balaban J connectivity index is 2.01. The first-order valence-corrected chi connectivity index (χ1v) is 6.01. The highest BCUT2D eigenvalue weighted by molar-refractivity contribution is 5.53. The standard InChI is InChI=1S/C13H20N2O/c1-2-16-13-4-3-9-15(10-13)12-7-5-11(14)6-8-12/h5-8,13H,2-4,9-10,14H2,1H3. The molecule has 1 fully saturated rings. The number of hydrogen-bond donors (Lipinski definition) is 1. The molecule has 0 radical (unpaired) electrons. The van der Waals surface area contributed by atoms with E-state index in [9.17, 15) is 0 Å². The lowest BCUT2D eigenvalue weighted by Crippen LogP contribution is -2.39. The smallest absolute Gasteiger partial charge is 0.0750 e. The first kappa shape index (κ1) is 11.3. The largest absolute Gasteiger partial charge is 0.399 e. The van der Waals surface area contributed by atoms with Gasteiger partial charge in [0, 0.05) is 31.1 Å². The number of ether oxygens (including phenoxy) is 1. The molecule has 1 heterocycles. The summed E-state index contributed by atoms with van der Waals surface area (Å²) in [6, 6.07) is 8.09. The number of hydrogen-bond acceptors (Lipinski definition) is 3. The molecule has 0 saturated carbocycles. The predicted molar refractivity (Wildman–Crippen MR) is 67.7 cm³/mol. The van der Waals surface area contributed by atoms with Crippen LogP contribution in [-0.2, 0) is 4.74 Å². The highest BCUT2D eigenvalue weighted by Gasteiger charge is 2.19. The monoisotopic (exact) mass is 220 g/mol. The second kappa shape index (κ2) is 5.21. The van der Waals surface area contributed by atoms with Gasteiger partial charge in [0.25, 0.3) is 0 Å². The molecule has 0 spiro atoms. The molecule has 0 aromatic heterocycles. The highest BCUT2D eigenvalue weighted by Crippen LogP contribution is 2.22. The number of nitrogens with zero attached hydrogens (tertiary/aromatic N) is 1. The number of nitrogen functional groups attached to an aromatic ring is 1. The fraction of sp³-hybridized carbons (Fsp3) is 0.538. The van der Waals surface area contributed by atoms with Crippen LogP contribution in [0, 0.1) is 0 Å². The van der Waals surface area contributed by atoms with E-state index in [-0.39, 0.29) is 0 Å². The van der Waals surface area contributed by atoms with Crippen LogP contribution in [0.3, 0.4) is 0 Å². The fourth-order valence-corrected chi connectivity index (χ4v) is 2.23. The van der Waals surface area contributed by atoms with Gasteiger partial charge in [-0.1, -0.05) is 0 Å². The molecular formula is C13H20N2O. The van der Waals surface area contributed by atoms with Crippen LogP contribution >= 0.6 is 0 Å². The SMILES string of the molecule is CCOC1CCCN(c2ccc(N)cc2)C1. The first-order valence-electron chi connectivity index (χ1n) is 6.01. The molecule has 2 N–H and O–H groups in total. The zero-order chi connectivity index (χ0) is 11.4. The zero-order valence-corrected chi connectivity index (χ0v) is 9.86. The van der Waals surface area contributed by atoms with Crippen LogP contribution < -0.4 is 10.6 Å². The van der Waals surface area contributed by atoms with Gasteiger partial charge in [-0.25, -0.2) is 0 Å². The van der Waals surface area contributed by atoms with Crippen molar-refractivity contribution in [1.29, 1.82) is 0 Å². The van der Waals surface area contributed by atoms with Crippen LogP contribution in [0.15, 0.2) is 24.3 Å². The summed E-state index contributed by atoms with van der Waals surface area (Å²) in [4.78, 5) is 2.38. The molecule has 16 heavy (non-hydrogen) atoms. The Morgan fingerprint density at radius 3 is 2.81 bits per heavy atom. The van der Waals surface area contributed by atoms with Crippen LogP contribution in [-0.4, -0.2) is 25.8 Å². The van der Waals surface area contributed by atoms with Gasteiger partial charge in [-0.3, -0.25) is 0 Å². The fourth-order valence-electron chi connectivity index (χ4n) is 2.23. The third-order valence-corrected chi connectivity index (χ3v) is 3.04. The minimum atomic E-state index is 0.385. The number of anilines is 2. The van der Waals surface area contributed by atoms with Crippen LogP contribution in [0.4, 0.5) is 11.4 Å². The quantitative estimate of drug-likeness (QED) is 0.794. The Labute approximate surface area is 97.2 Å². The maximum Gasteiger partial charge on any atom is 0.0750 e. The van der Waals surface area contributed by atoms with Crippen LogP contribution in [0.25, 0.3) is 0 Å². The molecule has 1 saturated heterocycles. The minimum Gasteiger partial charge on any atom is -0.399 e. The van der Waals surface area contributed by atoms with E-state index >= 15 is 0 Å². The predicted octanol–water partition coefficient (Wildman–Crippen LogP) is 2.27. The summed E-state index contributed by atoms with van der Waals surface area (Å²) in [5, 5.41) is 0. The average molecular weight is 220 g/mol. The van der Waals surface area contributed by atoms with Crippen molar-refractivity contribution >= 4 is 11.4 Å². The average Bonchev–Trinajstić information content (AvgIpc) is 2.31. The summed E-state index contributed by atoms with van der Waals surface area (Å²) in [5.41, 5.74) is 7.76. The first-order chi connectivity index (χ1) is 7.79. The molecule has 88 valence electrons. The Kier molecular flexibility index (Phi) is 3.67. The van der Waals surface area contributed by atoms with Crippen molar-refractivity contribution in [1.82, 2.24) is 0 Å². The molecule has 0 bridgehead atoms. The van der Waals surface area contributed by atoms with Crippen LogP contribution in [0.1, 0.15) is 19.8 Å². The summed E-state index contributed by atoms with van der Waals surface area (Å²) < 4.78 is 5.69. The van der Waals surface area contributed by atoms with Crippen molar-refractivity contribution in [2.75, 3.05) is 30.3 Å². The Morgan fingerprint density at radius 1 is 1.38 bits per heavy atom. The van der Waals surface area contributed by atoms with Crippen LogP contribution in [0.2, 0.25) is 0 Å². The minimum absolute atomic E-state index is 0.385. The van der Waals surface area contributed by atoms with E-state index in [0.29, 0.717) is 6.10 Å². The summed E-state index contributed by atoms with van der Waals surface area (Å²) in [7, 11) is 0. The Bertz CT molecular complexity index is 321. The summed E-state index contributed by atoms with van der Waals surface area (Å²) in [6.45, 7) is 4.98. The molecule has 3 nitrogen and oxygen atoms in total. The van der Waals surface area contributed by atoms with Crippen molar-refractivity contribution < 1.29 is 4.74 Å². The van der Waals surface area contributed by atoms with Gasteiger partial charge in [0.15, 0.2) is 0 Å². The summed E-state index contributed by atoms with van der Waals surface area (Å²) in [5.74, 6) is 0. The highest BCUT2D eigenvalue weighted by atomic mass is 16.5. The van der Waals surface area contributed by atoms with E-state index < -0.39 is 0 Å². The van der Waals surface area contributed by atoms with Gasteiger partial charge in [-0.15, -0.1) is 0 Å². The van der Waals surface area contributed by atoms with Gasteiger partial charge >= 0.3 is 0 Å². The Morgan fingerprint density at radius 2 is 2.12 bits per heavy atom. The van der Waals surface area contributed by atoms with Gasteiger partial charge < -0.3 is 15.4 Å². The zero-order valence-electron chi connectivity index (χ0n) is 9.86. The summed E-state index contributed by atoms with van der Waals surface area (Å²) >= 11 is 0. The number of nitrogens with two attached hydrogens (primary N) is 1. The van der Waals surface area contributed by atoms with Crippen molar-refractivity contribution in [3.05, 3.63) is 24.3 Å². The van der Waals surface area contributed by atoms with Crippen molar-refractivity contribution in [2.24, 2.45) is 0 Å². The molecule has 0 amide bonds. The van der Waals surface area contributed by atoms with Gasteiger partial charge in [0.2, 0.25) is 0 Å². The number of benzene rings is 1. The van der Waals surface area contributed by atoms with Crippen LogP contribution in [0.5, 0.6) is 0 Å². The maximum absolute atomic E-state index is 5.69. The van der Waals surface area contributed by atoms with E-state index in [4.69, 9.17) is 10.5 Å². The topological polar surface area (TPSA) is 38.5 Å².